The van der Waals surface area contributed by atoms with Gasteiger partial charge >= 0.3 is 0 Å². The topological polar surface area (TPSA) is 51.8 Å². The molecule has 0 spiro atoms. The van der Waals surface area contributed by atoms with Crippen LogP contribution >= 0.6 is 34.9 Å². The first-order valence-corrected chi connectivity index (χ1v) is 5.65. The van der Waals surface area contributed by atoms with Gasteiger partial charge in [0.05, 0.1) is 39.7 Å². The molecule has 0 radical (unpaired) electrons. The number of hydrogen-bond acceptors (Lipinski definition) is 4. The molecule has 0 fully saturated rings. The van der Waals surface area contributed by atoms with Crippen molar-refractivity contribution in [1.82, 2.24) is 8.75 Å². The van der Waals surface area contributed by atoms with Crippen LogP contribution in [0.15, 0.2) is 24.4 Å². The van der Waals surface area contributed by atoms with Crippen molar-refractivity contribution in [3.63, 3.8) is 0 Å². The minimum Gasteiger partial charge on any atom is -0.319 e. The molecule has 2 aromatic rings. The minimum absolute atomic E-state index is 0.307. The highest BCUT2D eigenvalue weighted by molar-refractivity contribution is 6.99. The van der Waals surface area contributed by atoms with Crippen molar-refractivity contribution >= 4 is 34.9 Å². The highest BCUT2D eigenvalue weighted by Gasteiger charge is 2.12. The molecule has 6 heteroatoms. The average molecular weight is 260 g/mol. The quantitative estimate of drug-likeness (QED) is 0.903. The predicted molar refractivity (Wildman–Crippen MR) is 62.4 cm³/mol. The van der Waals surface area contributed by atoms with Crippen LogP contribution in [0.5, 0.6) is 0 Å². The second-order valence-corrected chi connectivity index (χ2v) is 4.35. The highest BCUT2D eigenvalue weighted by Crippen LogP contribution is 2.26. The molecule has 0 saturated heterocycles. The van der Waals surface area contributed by atoms with Gasteiger partial charge in [-0.3, -0.25) is 0 Å². The molecule has 3 nitrogen and oxygen atoms in total. The zero-order chi connectivity index (χ0) is 10.8. The van der Waals surface area contributed by atoms with Gasteiger partial charge in [-0.25, -0.2) is 0 Å². The summed E-state index contributed by atoms with van der Waals surface area (Å²) in [4.78, 5) is 0. The lowest BCUT2D eigenvalue weighted by Crippen LogP contribution is -2.11. The number of nitrogens with two attached hydrogens (primary N) is 1. The lowest BCUT2D eigenvalue weighted by Gasteiger charge is -2.09. The fourth-order valence-corrected chi connectivity index (χ4v) is 1.95. The van der Waals surface area contributed by atoms with Crippen LogP contribution < -0.4 is 5.73 Å². The number of benzene rings is 1. The molecule has 2 N–H and O–H groups in total. The molecule has 15 heavy (non-hydrogen) atoms. The molecule has 2 rings (SSSR count). The second kappa shape index (κ2) is 4.45. The molecule has 0 bridgehead atoms. The monoisotopic (exact) mass is 259 g/mol. The number of aromatic nitrogens is 2. The molecule has 0 amide bonds. The van der Waals surface area contributed by atoms with Crippen molar-refractivity contribution in [1.29, 1.82) is 0 Å². The fourth-order valence-electron chi connectivity index (χ4n) is 1.19. The van der Waals surface area contributed by atoms with Crippen molar-refractivity contribution in [2.75, 3.05) is 0 Å². The Morgan fingerprint density at radius 2 is 2.07 bits per heavy atom. The third-order valence-electron chi connectivity index (χ3n) is 2.00. The first kappa shape index (κ1) is 10.8. The minimum atomic E-state index is -0.307. The lowest BCUT2D eigenvalue weighted by molar-refractivity contribution is 0.844. The van der Waals surface area contributed by atoms with Crippen LogP contribution in [0.2, 0.25) is 10.0 Å². The van der Waals surface area contributed by atoms with Crippen LogP contribution in [0.3, 0.4) is 0 Å². The molecule has 1 aromatic heterocycles. The molecule has 0 aliphatic rings. The van der Waals surface area contributed by atoms with Gasteiger partial charge in [-0.05, 0) is 17.7 Å². The zero-order valence-electron chi connectivity index (χ0n) is 7.52. The van der Waals surface area contributed by atoms with Crippen LogP contribution in [0.1, 0.15) is 17.3 Å². The van der Waals surface area contributed by atoms with Crippen molar-refractivity contribution in [3.05, 3.63) is 45.7 Å². The molecule has 1 unspecified atom stereocenters. The Morgan fingerprint density at radius 1 is 1.27 bits per heavy atom. The van der Waals surface area contributed by atoms with Crippen LogP contribution in [0.4, 0.5) is 0 Å². The molecular formula is C9H7Cl2N3S. The summed E-state index contributed by atoms with van der Waals surface area (Å²) in [5.74, 6) is 0. The second-order valence-electron chi connectivity index (χ2n) is 2.98. The van der Waals surface area contributed by atoms with Crippen LogP contribution in [-0.4, -0.2) is 8.75 Å². The molecule has 0 aliphatic heterocycles. The predicted octanol–water partition coefficient (Wildman–Crippen LogP) is 2.89. The van der Waals surface area contributed by atoms with Crippen molar-refractivity contribution in [2.24, 2.45) is 5.73 Å². The molecule has 78 valence electrons. The summed E-state index contributed by atoms with van der Waals surface area (Å²) in [5, 5.41) is 1.01. The average Bonchev–Trinajstić information content (AvgIpc) is 2.74. The van der Waals surface area contributed by atoms with E-state index in [1.165, 1.54) is 0 Å². The van der Waals surface area contributed by atoms with E-state index in [4.69, 9.17) is 28.9 Å². The van der Waals surface area contributed by atoms with E-state index in [0.717, 1.165) is 23.0 Å². The van der Waals surface area contributed by atoms with Gasteiger partial charge in [0.1, 0.15) is 0 Å². The van der Waals surface area contributed by atoms with Gasteiger partial charge in [-0.1, -0.05) is 29.3 Å². The summed E-state index contributed by atoms with van der Waals surface area (Å²) in [5.41, 5.74) is 7.59. The van der Waals surface area contributed by atoms with E-state index in [0.29, 0.717) is 10.0 Å². The Balaban J connectivity index is 2.34. The van der Waals surface area contributed by atoms with Gasteiger partial charge in [-0.2, -0.15) is 8.75 Å². The number of halogens is 2. The Labute approximate surface area is 101 Å². The summed E-state index contributed by atoms with van der Waals surface area (Å²) in [6, 6.07) is 4.99. The first-order chi connectivity index (χ1) is 7.18. The van der Waals surface area contributed by atoms with E-state index in [1.807, 2.05) is 6.07 Å². The summed E-state index contributed by atoms with van der Waals surface area (Å²) in [6.45, 7) is 0. The van der Waals surface area contributed by atoms with E-state index >= 15 is 0 Å². The van der Waals surface area contributed by atoms with Crippen LogP contribution in [0.25, 0.3) is 0 Å². The van der Waals surface area contributed by atoms with Crippen molar-refractivity contribution in [3.8, 4) is 0 Å². The van der Waals surface area contributed by atoms with Crippen LogP contribution in [0, 0.1) is 0 Å². The van der Waals surface area contributed by atoms with Crippen molar-refractivity contribution in [2.45, 2.75) is 6.04 Å². The Hall–Kier alpha value is -0.680. The SMILES string of the molecule is NC(c1ccc(Cl)c(Cl)c1)c1cnsn1. The first-order valence-electron chi connectivity index (χ1n) is 4.16. The Bertz CT molecular complexity index is 458. The summed E-state index contributed by atoms with van der Waals surface area (Å²) in [6.07, 6.45) is 1.65. The normalized spacial score (nSPS) is 12.7. The van der Waals surface area contributed by atoms with Gasteiger partial charge in [0.2, 0.25) is 0 Å². The van der Waals surface area contributed by atoms with Crippen LogP contribution in [-0.2, 0) is 0 Å². The molecule has 1 heterocycles. The van der Waals surface area contributed by atoms with E-state index in [9.17, 15) is 0 Å². The smallest absolute Gasteiger partial charge is 0.0955 e. The fraction of sp³-hybridized carbons (Fsp3) is 0.111. The number of rotatable bonds is 2. The Kier molecular flexibility index (Phi) is 3.21. The standard InChI is InChI=1S/C9H7Cl2N3S/c10-6-2-1-5(3-7(6)11)9(12)8-4-13-15-14-8/h1-4,9H,12H2. The number of hydrogen-bond donors (Lipinski definition) is 1. The van der Waals surface area contributed by atoms with E-state index in [2.05, 4.69) is 8.75 Å². The maximum absolute atomic E-state index is 5.98. The molecular weight excluding hydrogens is 253 g/mol. The van der Waals surface area contributed by atoms with Crippen molar-refractivity contribution < 1.29 is 0 Å². The summed E-state index contributed by atoms with van der Waals surface area (Å²) in [7, 11) is 0. The van der Waals surface area contributed by atoms with E-state index in [-0.39, 0.29) is 6.04 Å². The summed E-state index contributed by atoms with van der Waals surface area (Å²) >= 11 is 12.8. The van der Waals surface area contributed by atoms with Gasteiger partial charge < -0.3 is 5.73 Å². The van der Waals surface area contributed by atoms with Gasteiger partial charge in [0.15, 0.2) is 0 Å². The molecule has 1 aromatic carbocycles. The molecule has 1 atom stereocenters. The molecule has 0 aliphatic carbocycles. The maximum atomic E-state index is 5.98. The summed E-state index contributed by atoms with van der Waals surface area (Å²) < 4.78 is 7.97. The van der Waals surface area contributed by atoms with Gasteiger partial charge in [0.25, 0.3) is 0 Å². The third-order valence-corrected chi connectivity index (χ3v) is 3.23. The maximum Gasteiger partial charge on any atom is 0.0955 e. The van der Waals surface area contributed by atoms with E-state index in [1.54, 1.807) is 18.3 Å². The molecule has 0 saturated carbocycles. The van der Waals surface area contributed by atoms with Gasteiger partial charge in [0, 0.05) is 0 Å². The van der Waals surface area contributed by atoms with Gasteiger partial charge in [-0.15, -0.1) is 0 Å². The zero-order valence-corrected chi connectivity index (χ0v) is 9.85. The lowest BCUT2D eigenvalue weighted by atomic mass is 10.1. The number of nitrogens with zero attached hydrogens (tertiary/aromatic N) is 2. The largest absolute Gasteiger partial charge is 0.319 e. The third kappa shape index (κ3) is 2.29. The Morgan fingerprint density at radius 3 is 2.67 bits per heavy atom. The highest BCUT2D eigenvalue weighted by atomic mass is 35.5. The van der Waals surface area contributed by atoms with E-state index < -0.39 is 0 Å².